The number of anilines is 1. The van der Waals surface area contributed by atoms with Crippen molar-refractivity contribution < 1.29 is 22.4 Å². The molecule has 2 aromatic carbocycles. The largest absolute Gasteiger partial charge is 0.417 e. The highest BCUT2D eigenvalue weighted by molar-refractivity contribution is 6.16. The monoisotopic (exact) mass is 540 g/mol. The number of hydrogen-bond donors (Lipinski definition) is 1. The molecule has 3 aromatic heterocycles. The number of nitrogens with one attached hydrogen (secondary N) is 1. The summed E-state index contributed by atoms with van der Waals surface area (Å²) < 4.78 is 46.1. The molecule has 1 aliphatic heterocycles. The van der Waals surface area contributed by atoms with E-state index in [0.717, 1.165) is 22.8 Å². The van der Waals surface area contributed by atoms with Crippen molar-refractivity contribution in [3.63, 3.8) is 0 Å². The second-order valence-corrected chi connectivity index (χ2v) is 8.96. The number of ketones is 1. The maximum Gasteiger partial charge on any atom is 0.417 e. The van der Waals surface area contributed by atoms with Gasteiger partial charge in [-0.2, -0.15) is 13.2 Å². The van der Waals surface area contributed by atoms with Crippen LogP contribution in [0.2, 0.25) is 0 Å². The molecule has 11 heteroatoms. The van der Waals surface area contributed by atoms with Crippen LogP contribution in [0.15, 0.2) is 101 Å². The summed E-state index contributed by atoms with van der Waals surface area (Å²) in [6.45, 7) is 0. The number of halogens is 3. The predicted octanol–water partition coefficient (Wildman–Crippen LogP) is 5.61. The van der Waals surface area contributed by atoms with Crippen LogP contribution in [0.3, 0.4) is 0 Å². The van der Waals surface area contributed by atoms with E-state index < -0.39 is 17.9 Å². The lowest BCUT2D eigenvalue weighted by atomic mass is 9.96. The highest BCUT2D eigenvalue weighted by Crippen LogP contribution is 2.36. The van der Waals surface area contributed by atoms with Crippen LogP contribution in [0.5, 0.6) is 0 Å². The summed E-state index contributed by atoms with van der Waals surface area (Å²) in [4.78, 5) is 25.9. The van der Waals surface area contributed by atoms with E-state index in [1.54, 1.807) is 12.1 Å². The number of pyridine rings is 2. The number of carbonyl (C=O) groups excluding carboxylic acids is 1. The Morgan fingerprint density at radius 2 is 1.62 bits per heavy atom. The topological polar surface area (TPSA) is 106 Å². The number of rotatable bonds is 5. The Balaban J connectivity index is 1.36. The molecule has 5 aromatic rings. The van der Waals surface area contributed by atoms with Gasteiger partial charge in [0, 0.05) is 41.7 Å². The van der Waals surface area contributed by atoms with Gasteiger partial charge in [0.1, 0.15) is 5.69 Å². The van der Waals surface area contributed by atoms with Crippen LogP contribution in [0.1, 0.15) is 22.3 Å². The third-order valence-corrected chi connectivity index (χ3v) is 6.34. The van der Waals surface area contributed by atoms with Crippen molar-refractivity contribution >= 4 is 17.5 Å². The summed E-state index contributed by atoms with van der Waals surface area (Å²) in [5.74, 6) is -0.345. The number of carbonyl (C=O) groups is 1. The minimum Gasteiger partial charge on any atom is -0.402 e. The van der Waals surface area contributed by atoms with Gasteiger partial charge in [-0.25, -0.2) is 4.98 Å². The van der Waals surface area contributed by atoms with Gasteiger partial charge in [-0.15, -0.1) is 5.10 Å². The van der Waals surface area contributed by atoms with Crippen molar-refractivity contribution in [3.05, 3.63) is 114 Å². The molecular formula is C29H19F3N6O2. The van der Waals surface area contributed by atoms with E-state index in [2.05, 4.69) is 25.5 Å². The van der Waals surface area contributed by atoms with Gasteiger partial charge in [-0.05, 0) is 29.3 Å². The van der Waals surface area contributed by atoms with Crippen molar-refractivity contribution in [1.82, 2.24) is 20.2 Å². The zero-order valence-electron chi connectivity index (χ0n) is 20.6. The summed E-state index contributed by atoms with van der Waals surface area (Å²) in [7, 11) is 0. The quantitative estimate of drug-likeness (QED) is 0.309. The lowest BCUT2D eigenvalue weighted by Crippen LogP contribution is -2.29. The van der Waals surface area contributed by atoms with E-state index in [4.69, 9.17) is 9.41 Å². The van der Waals surface area contributed by atoms with E-state index in [-0.39, 0.29) is 35.4 Å². The van der Waals surface area contributed by atoms with Crippen LogP contribution in [-0.2, 0) is 17.4 Å². The first kappa shape index (κ1) is 25.1. The second kappa shape index (κ2) is 10.2. The van der Waals surface area contributed by atoms with Gasteiger partial charge in [0.2, 0.25) is 0 Å². The average molecular weight is 541 g/mol. The van der Waals surface area contributed by atoms with Crippen molar-refractivity contribution in [2.24, 2.45) is 4.99 Å². The first-order valence-corrected chi connectivity index (χ1v) is 12.2. The molecule has 0 bridgehead atoms. The molecule has 1 N–H and O–H groups in total. The Kier molecular flexibility index (Phi) is 6.39. The van der Waals surface area contributed by atoms with Gasteiger partial charge in [-0.3, -0.25) is 14.8 Å². The minimum atomic E-state index is -4.60. The lowest BCUT2D eigenvalue weighted by Gasteiger charge is -2.12. The molecule has 0 spiro atoms. The Morgan fingerprint density at radius 3 is 2.40 bits per heavy atom. The molecule has 1 atom stereocenters. The van der Waals surface area contributed by atoms with E-state index in [1.807, 2.05) is 54.6 Å². The van der Waals surface area contributed by atoms with Crippen LogP contribution in [-0.4, -0.2) is 37.8 Å². The molecular weight excluding hydrogens is 521 g/mol. The molecule has 0 radical (unpaired) electrons. The molecule has 4 heterocycles. The maximum atomic E-state index is 13.4. The molecule has 0 unspecified atom stereocenters. The van der Waals surface area contributed by atoms with Crippen molar-refractivity contribution in [2.45, 2.75) is 18.8 Å². The Morgan fingerprint density at radius 1 is 0.875 bits per heavy atom. The fourth-order valence-corrected chi connectivity index (χ4v) is 4.44. The summed E-state index contributed by atoms with van der Waals surface area (Å²) in [5, 5.41) is 10.9. The number of aliphatic imine (C=N–C) groups is 1. The van der Waals surface area contributed by atoms with Gasteiger partial charge in [0.05, 0.1) is 11.3 Å². The number of aromatic nitrogens is 4. The molecule has 1 aliphatic rings. The fourth-order valence-electron chi connectivity index (χ4n) is 4.44. The van der Waals surface area contributed by atoms with Crippen molar-refractivity contribution in [3.8, 4) is 22.7 Å². The number of benzene rings is 2. The predicted molar refractivity (Wildman–Crippen MR) is 140 cm³/mol. The SMILES string of the molecule is O=C1Cc2ccccc2C(c2ccccc2)=N[C@@H]1Nc1nnc(-c2ncc(C(F)(F)F)cc2-c2ccncc2)o1. The van der Waals surface area contributed by atoms with E-state index >= 15 is 0 Å². The summed E-state index contributed by atoms with van der Waals surface area (Å²) >= 11 is 0. The average Bonchev–Trinajstić information content (AvgIpc) is 3.38. The van der Waals surface area contributed by atoms with E-state index in [0.29, 0.717) is 17.5 Å². The van der Waals surface area contributed by atoms with Crippen molar-refractivity contribution in [1.29, 1.82) is 0 Å². The standard InChI is InChI=1S/C29H19F3N6O2/c30-29(31,32)20-15-22(17-10-12-33-13-11-17)25(34-16-20)27-37-38-28(40-27)36-26-23(39)14-19-8-4-5-9-21(19)24(35-26)18-6-2-1-3-7-18/h1-13,15-16,26H,14H2,(H,36,38)/t26-/m1/s1. The minimum absolute atomic E-state index is 0.0489. The molecule has 6 rings (SSSR count). The summed E-state index contributed by atoms with van der Waals surface area (Å²) in [6.07, 6.45) is -1.89. The Labute approximate surface area is 225 Å². The van der Waals surface area contributed by atoms with Gasteiger partial charge in [0.25, 0.3) is 5.89 Å². The molecule has 0 saturated heterocycles. The first-order valence-electron chi connectivity index (χ1n) is 12.2. The number of Topliss-reactive ketones (excluding diaryl/α,β-unsaturated/α-hetero) is 1. The third-order valence-electron chi connectivity index (χ3n) is 6.34. The van der Waals surface area contributed by atoms with Crippen LogP contribution < -0.4 is 5.32 Å². The number of fused-ring (bicyclic) bond motifs is 1. The smallest absolute Gasteiger partial charge is 0.402 e. The van der Waals surface area contributed by atoms with Crippen LogP contribution in [0.4, 0.5) is 19.2 Å². The molecule has 198 valence electrons. The van der Waals surface area contributed by atoms with Gasteiger partial charge in [-0.1, -0.05) is 59.7 Å². The normalized spacial score (nSPS) is 15.2. The van der Waals surface area contributed by atoms with E-state index in [9.17, 15) is 18.0 Å². The van der Waals surface area contributed by atoms with Gasteiger partial charge in [0.15, 0.2) is 11.9 Å². The second-order valence-electron chi connectivity index (χ2n) is 8.96. The number of alkyl halides is 3. The maximum absolute atomic E-state index is 13.4. The third kappa shape index (κ3) is 4.96. The lowest BCUT2D eigenvalue weighted by molar-refractivity contribution is -0.137. The number of hydrogen-bond acceptors (Lipinski definition) is 8. The molecule has 0 saturated carbocycles. The molecule has 0 fully saturated rings. The van der Waals surface area contributed by atoms with Crippen LogP contribution in [0, 0.1) is 0 Å². The highest BCUT2D eigenvalue weighted by Gasteiger charge is 2.33. The zero-order valence-corrected chi connectivity index (χ0v) is 20.6. The van der Waals surface area contributed by atoms with Crippen molar-refractivity contribution in [2.75, 3.05) is 5.32 Å². The molecule has 40 heavy (non-hydrogen) atoms. The van der Waals surface area contributed by atoms with Crippen LogP contribution >= 0.6 is 0 Å². The highest BCUT2D eigenvalue weighted by atomic mass is 19.4. The zero-order chi connectivity index (χ0) is 27.7. The Bertz CT molecular complexity index is 1720. The van der Waals surface area contributed by atoms with Crippen LogP contribution in [0.25, 0.3) is 22.7 Å². The fraction of sp³-hybridized carbons (Fsp3) is 0.103. The van der Waals surface area contributed by atoms with Gasteiger partial charge >= 0.3 is 12.2 Å². The summed E-state index contributed by atoms with van der Waals surface area (Å²) in [5.41, 5.74) is 2.83. The van der Waals surface area contributed by atoms with E-state index in [1.165, 1.54) is 12.4 Å². The molecule has 8 nitrogen and oxygen atoms in total. The summed E-state index contributed by atoms with van der Waals surface area (Å²) in [6, 6.07) is 21.0. The molecule has 0 aliphatic carbocycles. The molecule has 0 amide bonds. The number of nitrogens with zero attached hydrogens (tertiary/aromatic N) is 5. The first-order chi connectivity index (χ1) is 19.4. The van der Waals surface area contributed by atoms with Gasteiger partial charge < -0.3 is 9.73 Å². The Hall–Kier alpha value is -5.19.